The molecule has 1 aromatic heterocycles. The van der Waals surface area contributed by atoms with Crippen LogP contribution in [0.4, 0.5) is 0 Å². The zero-order valence-corrected chi connectivity index (χ0v) is 34.3. The summed E-state index contributed by atoms with van der Waals surface area (Å²) >= 11 is 0. The summed E-state index contributed by atoms with van der Waals surface area (Å²) in [4.78, 5) is 5.15. The minimum Gasteiger partial charge on any atom is -0.256 e. The van der Waals surface area contributed by atoms with Gasteiger partial charge in [0.2, 0.25) is 0 Å². The maximum absolute atomic E-state index is 5.15. The van der Waals surface area contributed by atoms with Crippen LogP contribution in [0.5, 0.6) is 0 Å². The third-order valence-electron chi connectivity index (χ3n) is 13.9. The van der Waals surface area contributed by atoms with Crippen molar-refractivity contribution in [3.8, 4) is 66.8 Å². The largest absolute Gasteiger partial charge is 0.256 e. The smallest absolute Gasteiger partial charge is 0.0708 e. The molecule has 12 rings (SSSR count). The van der Waals surface area contributed by atoms with Crippen LogP contribution in [0.1, 0.15) is 49.9 Å². The molecule has 0 atom stereocenters. The average molecular weight is 766 g/mol. The van der Waals surface area contributed by atoms with Gasteiger partial charge in [0.05, 0.1) is 5.52 Å². The number of hydrogen-bond acceptors (Lipinski definition) is 1. The van der Waals surface area contributed by atoms with Gasteiger partial charge >= 0.3 is 0 Å². The Hall–Kier alpha value is -7.09. The Bertz CT molecular complexity index is 3410. The Morgan fingerprint density at radius 2 is 0.700 bits per heavy atom. The Balaban J connectivity index is 1.07. The number of benzene rings is 9. The van der Waals surface area contributed by atoms with Gasteiger partial charge in [0.1, 0.15) is 0 Å². The van der Waals surface area contributed by atoms with E-state index in [1.165, 1.54) is 116 Å². The molecule has 0 bridgehead atoms. The van der Waals surface area contributed by atoms with Crippen molar-refractivity contribution in [3.63, 3.8) is 0 Å². The maximum atomic E-state index is 5.15. The molecule has 0 saturated heterocycles. The molecular formula is C59H43N. The molecule has 9 aromatic carbocycles. The van der Waals surface area contributed by atoms with Gasteiger partial charge in [-0.25, -0.2) is 0 Å². The van der Waals surface area contributed by atoms with E-state index in [0.717, 1.165) is 5.52 Å². The lowest BCUT2D eigenvalue weighted by molar-refractivity contribution is 0.660. The summed E-state index contributed by atoms with van der Waals surface area (Å²) in [6.45, 7) is 9.57. The van der Waals surface area contributed by atoms with Crippen LogP contribution in [-0.4, -0.2) is 4.98 Å². The van der Waals surface area contributed by atoms with E-state index < -0.39 is 0 Å². The van der Waals surface area contributed by atoms with Crippen molar-refractivity contribution in [1.29, 1.82) is 0 Å². The fourth-order valence-electron chi connectivity index (χ4n) is 10.8. The van der Waals surface area contributed by atoms with Crippen molar-refractivity contribution in [2.45, 2.75) is 38.5 Å². The van der Waals surface area contributed by atoms with Gasteiger partial charge in [0.25, 0.3) is 0 Å². The van der Waals surface area contributed by atoms with Gasteiger partial charge in [0.15, 0.2) is 0 Å². The second-order valence-corrected chi connectivity index (χ2v) is 17.9. The lowest BCUT2D eigenvalue weighted by atomic mass is 9.79. The van der Waals surface area contributed by atoms with E-state index in [1.54, 1.807) is 0 Å². The van der Waals surface area contributed by atoms with Gasteiger partial charge in [0, 0.05) is 33.2 Å². The number of hydrogen-bond donors (Lipinski definition) is 0. The van der Waals surface area contributed by atoms with Crippen LogP contribution in [0, 0.1) is 0 Å². The molecule has 2 aliphatic carbocycles. The Morgan fingerprint density at radius 3 is 1.20 bits per heavy atom. The monoisotopic (exact) mass is 765 g/mol. The van der Waals surface area contributed by atoms with Gasteiger partial charge in [-0.3, -0.25) is 4.98 Å². The first kappa shape index (κ1) is 34.9. The maximum Gasteiger partial charge on any atom is 0.0708 e. The summed E-state index contributed by atoms with van der Waals surface area (Å²) in [5.74, 6) is 0. The summed E-state index contributed by atoms with van der Waals surface area (Å²) in [5.41, 5.74) is 21.5. The minimum atomic E-state index is -0.169. The zero-order valence-electron chi connectivity index (χ0n) is 34.3. The van der Waals surface area contributed by atoms with Gasteiger partial charge in [-0.2, -0.15) is 0 Å². The van der Waals surface area contributed by atoms with E-state index in [0.29, 0.717) is 0 Å². The van der Waals surface area contributed by atoms with Crippen LogP contribution in [-0.2, 0) is 10.8 Å². The predicted octanol–water partition coefficient (Wildman–Crippen LogP) is 15.8. The van der Waals surface area contributed by atoms with Crippen LogP contribution >= 0.6 is 0 Å². The standard InChI is InChI=1S/C59H43N/c1-58(2)50-31-38(36-15-7-5-8-16-36)23-27-42(50)44-29-25-40(33-52(44)58)55-46-19-11-12-20-47(46)56(57-48-21-13-14-22-54(48)60-35-49(55)57)41-26-30-45-43-28-24-39(37-17-9-6-10-18-37)32-51(43)59(3,4)53(45)34-41/h5-35H,1-4H3. The molecule has 0 fully saturated rings. The van der Waals surface area contributed by atoms with E-state index in [2.05, 4.69) is 216 Å². The molecule has 0 radical (unpaired) electrons. The van der Waals surface area contributed by atoms with Crippen molar-refractivity contribution < 1.29 is 0 Å². The number of aromatic nitrogens is 1. The highest BCUT2D eigenvalue weighted by molar-refractivity contribution is 6.27. The molecule has 1 heterocycles. The molecule has 0 spiro atoms. The van der Waals surface area contributed by atoms with Crippen LogP contribution in [0.25, 0.3) is 99.2 Å². The molecular weight excluding hydrogens is 723 g/mol. The van der Waals surface area contributed by atoms with Crippen molar-refractivity contribution in [1.82, 2.24) is 4.98 Å². The summed E-state index contributed by atoms with van der Waals surface area (Å²) in [7, 11) is 0. The number of fused-ring (bicyclic) bond motifs is 10. The van der Waals surface area contributed by atoms with Crippen molar-refractivity contribution in [2.75, 3.05) is 0 Å². The Labute approximate surface area is 351 Å². The molecule has 0 aliphatic heterocycles. The van der Waals surface area contributed by atoms with Crippen LogP contribution in [0.3, 0.4) is 0 Å². The van der Waals surface area contributed by atoms with E-state index in [-0.39, 0.29) is 10.8 Å². The van der Waals surface area contributed by atoms with E-state index in [4.69, 9.17) is 4.98 Å². The summed E-state index contributed by atoms with van der Waals surface area (Å²) in [6.07, 6.45) is 2.14. The first-order valence-electron chi connectivity index (χ1n) is 21.2. The second kappa shape index (κ2) is 12.7. The fraction of sp³-hybridized carbons (Fsp3) is 0.102. The van der Waals surface area contributed by atoms with Crippen LogP contribution < -0.4 is 0 Å². The van der Waals surface area contributed by atoms with Crippen molar-refractivity contribution >= 4 is 32.4 Å². The molecule has 60 heavy (non-hydrogen) atoms. The third-order valence-corrected chi connectivity index (χ3v) is 13.9. The Kier molecular flexibility index (Phi) is 7.39. The lowest BCUT2D eigenvalue weighted by Crippen LogP contribution is -2.15. The predicted molar refractivity (Wildman–Crippen MR) is 254 cm³/mol. The number of para-hydroxylation sites is 1. The number of nitrogens with zero attached hydrogens (tertiary/aromatic N) is 1. The van der Waals surface area contributed by atoms with E-state index >= 15 is 0 Å². The van der Waals surface area contributed by atoms with Crippen LogP contribution in [0.2, 0.25) is 0 Å². The molecule has 0 N–H and O–H groups in total. The lowest BCUT2D eigenvalue weighted by Gasteiger charge is -2.24. The number of rotatable bonds is 4. The molecule has 0 unspecified atom stereocenters. The molecule has 0 amide bonds. The molecule has 2 aliphatic rings. The molecule has 1 heteroatoms. The first-order chi connectivity index (χ1) is 29.3. The topological polar surface area (TPSA) is 12.9 Å². The highest BCUT2D eigenvalue weighted by atomic mass is 14.7. The van der Waals surface area contributed by atoms with Gasteiger partial charge in [-0.1, -0.05) is 179 Å². The zero-order chi connectivity index (χ0) is 40.3. The molecule has 284 valence electrons. The summed E-state index contributed by atoms with van der Waals surface area (Å²) in [5, 5.41) is 6.11. The van der Waals surface area contributed by atoms with Gasteiger partial charge in [-0.15, -0.1) is 0 Å². The highest BCUT2D eigenvalue weighted by Crippen LogP contribution is 2.54. The van der Waals surface area contributed by atoms with E-state index in [1.807, 2.05) is 0 Å². The summed E-state index contributed by atoms with van der Waals surface area (Å²) in [6, 6.07) is 67.7. The molecule has 0 saturated carbocycles. The third kappa shape index (κ3) is 4.96. The second-order valence-electron chi connectivity index (χ2n) is 17.9. The normalized spacial score (nSPS) is 14.3. The minimum absolute atomic E-state index is 0.168. The van der Waals surface area contributed by atoms with Gasteiger partial charge in [-0.05, 0) is 130 Å². The number of pyridine rings is 1. The Morgan fingerprint density at radius 1 is 0.317 bits per heavy atom. The molecule has 1 nitrogen and oxygen atoms in total. The van der Waals surface area contributed by atoms with E-state index in [9.17, 15) is 0 Å². The summed E-state index contributed by atoms with van der Waals surface area (Å²) < 4.78 is 0. The average Bonchev–Trinajstić information content (AvgIpc) is 3.66. The fourth-order valence-corrected chi connectivity index (χ4v) is 10.8. The highest BCUT2D eigenvalue weighted by Gasteiger charge is 2.38. The molecule has 10 aromatic rings. The van der Waals surface area contributed by atoms with Crippen molar-refractivity contribution in [2.24, 2.45) is 0 Å². The quantitative estimate of drug-likeness (QED) is 0.128. The van der Waals surface area contributed by atoms with Gasteiger partial charge < -0.3 is 0 Å². The van der Waals surface area contributed by atoms with Crippen molar-refractivity contribution in [3.05, 3.63) is 210 Å². The first-order valence-corrected chi connectivity index (χ1v) is 21.2. The van der Waals surface area contributed by atoms with Crippen LogP contribution in [0.15, 0.2) is 188 Å². The SMILES string of the molecule is CC1(C)c2cc(-c3ccccc3)ccc2-c2ccc(-c3c4ccccc4c(-c4ccc5c(c4)C(C)(C)c4cc(-c6ccccc6)ccc4-5)c4c3cnc3ccccc34)cc21.